The van der Waals surface area contributed by atoms with Gasteiger partial charge >= 0.3 is 5.69 Å². The molecule has 1 aromatic heterocycles. The minimum atomic E-state index is -0.454. The summed E-state index contributed by atoms with van der Waals surface area (Å²) in [5.74, 6) is -0.571. The number of hydrogen-bond acceptors (Lipinski definition) is 6. The molecule has 0 N–H and O–H groups in total. The van der Waals surface area contributed by atoms with E-state index in [4.69, 9.17) is 0 Å². The van der Waals surface area contributed by atoms with Crippen LogP contribution < -0.4 is 4.90 Å². The molecule has 1 atom stereocenters. The number of amides is 2. The summed E-state index contributed by atoms with van der Waals surface area (Å²) < 4.78 is 0. The number of carbonyl (C=O) groups is 2. The fourth-order valence-electron chi connectivity index (χ4n) is 3.88. The van der Waals surface area contributed by atoms with Crippen LogP contribution in [0.3, 0.4) is 0 Å². The van der Waals surface area contributed by atoms with Gasteiger partial charge in [-0.2, -0.15) is 0 Å². The highest BCUT2D eigenvalue weighted by atomic mass is 16.6. The van der Waals surface area contributed by atoms with Crippen LogP contribution in [0.5, 0.6) is 0 Å². The smallest absolute Gasteiger partial charge is 0.310 e. The van der Waals surface area contributed by atoms with Crippen molar-refractivity contribution in [2.24, 2.45) is 0 Å². The number of aromatic nitrogens is 1. The summed E-state index contributed by atoms with van der Waals surface area (Å²) in [5.41, 5.74) is 1.25. The molecule has 8 nitrogen and oxygen atoms in total. The average molecular weight is 366 g/mol. The fraction of sp³-hybridized carbons (Fsp3) is 0.316. The van der Waals surface area contributed by atoms with Gasteiger partial charge in [-0.3, -0.25) is 29.6 Å². The monoisotopic (exact) mass is 366 g/mol. The first-order valence-electron chi connectivity index (χ1n) is 8.88. The Morgan fingerprint density at radius 2 is 1.78 bits per heavy atom. The van der Waals surface area contributed by atoms with Crippen LogP contribution in [0, 0.1) is 10.1 Å². The Balaban J connectivity index is 1.65. The molecule has 3 heterocycles. The molecule has 1 unspecified atom stereocenters. The molecule has 0 saturated carbocycles. The van der Waals surface area contributed by atoms with Crippen LogP contribution in [0.15, 0.2) is 42.7 Å². The van der Waals surface area contributed by atoms with E-state index in [1.165, 1.54) is 17.3 Å². The van der Waals surface area contributed by atoms with E-state index < -0.39 is 4.92 Å². The molecule has 2 aliphatic rings. The Hall–Kier alpha value is -3.29. The third-order valence-corrected chi connectivity index (χ3v) is 5.15. The van der Waals surface area contributed by atoms with Crippen LogP contribution in [0.2, 0.25) is 0 Å². The van der Waals surface area contributed by atoms with E-state index in [2.05, 4.69) is 4.98 Å². The second-order valence-corrected chi connectivity index (χ2v) is 6.74. The van der Waals surface area contributed by atoms with Gasteiger partial charge in [-0.05, 0) is 37.5 Å². The number of fused-ring (bicyclic) bond motifs is 1. The second-order valence-electron chi connectivity index (χ2n) is 6.74. The van der Waals surface area contributed by atoms with E-state index in [1.807, 2.05) is 4.90 Å². The zero-order valence-electron chi connectivity index (χ0n) is 14.6. The molecule has 0 radical (unpaired) electrons. The van der Waals surface area contributed by atoms with E-state index in [0.29, 0.717) is 36.3 Å². The molecule has 1 aromatic carbocycles. The zero-order valence-corrected chi connectivity index (χ0v) is 14.6. The van der Waals surface area contributed by atoms with Gasteiger partial charge in [0.1, 0.15) is 11.9 Å². The Morgan fingerprint density at radius 1 is 1.07 bits per heavy atom. The standard InChI is InChI=1S/C19H18N4O4/c24-18-14-6-1-2-7-15(14)19(25)22(18)13-5-3-4-10-21(12-13)16-8-9-20-11-17(16)23(26)27/h1-2,6-9,11,13H,3-5,10,12H2. The van der Waals surface area contributed by atoms with Gasteiger partial charge in [0.15, 0.2) is 0 Å². The van der Waals surface area contributed by atoms with Gasteiger partial charge in [0, 0.05) is 19.3 Å². The van der Waals surface area contributed by atoms with Crippen LogP contribution in [-0.4, -0.2) is 45.8 Å². The van der Waals surface area contributed by atoms with Crippen LogP contribution in [0.1, 0.15) is 40.0 Å². The Morgan fingerprint density at radius 3 is 2.44 bits per heavy atom. The SMILES string of the molecule is O=C1c2ccccc2C(=O)N1C1CCCCN(c2ccncc2[N+](=O)[O-])C1. The zero-order chi connectivity index (χ0) is 19.0. The summed E-state index contributed by atoms with van der Waals surface area (Å²) in [6, 6.07) is 8.10. The van der Waals surface area contributed by atoms with E-state index in [1.54, 1.807) is 30.3 Å². The van der Waals surface area contributed by atoms with E-state index in [9.17, 15) is 19.7 Å². The summed E-state index contributed by atoms with van der Waals surface area (Å²) >= 11 is 0. The summed E-state index contributed by atoms with van der Waals surface area (Å²) in [6.45, 7) is 1.00. The molecule has 2 aliphatic heterocycles. The molecule has 4 rings (SSSR count). The number of imide groups is 1. The molecule has 2 aromatic rings. The summed E-state index contributed by atoms with van der Waals surface area (Å²) in [7, 11) is 0. The highest BCUT2D eigenvalue weighted by Gasteiger charge is 2.41. The number of nitrogens with zero attached hydrogens (tertiary/aromatic N) is 4. The maximum Gasteiger partial charge on any atom is 0.310 e. The molecular weight excluding hydrogens is 348 g/mol. The molecule has 2 amide bonds. The number of anilines is 1. The third kappa shape index (κ3) is 2.92. The lowest BCUT2D eigenvalue weighted by Gasteiger charge is -2.30. The molecule has 27 heavy (non-hydrogen) atoms. The first-order valence-corrected chi connectivity index (χ1v) is 8.88. The number of benzene rings is 1. The Bertz CT molecular complexity index is 894. The van der Waals surface area contributed by atoms with Gasteiger partial charge in [0.25, 0.3) is 11.8 Å². The fourth-order valence-corrected chi connectivity index (χ4v) is 3.88. The van der Waals surface area contributed by atoms with Gasteiger partial charge in [0.05, 0.1) is 22.1 Å². The van der Waals surface area contributed by atoms with Crippen LogP contribution in [0.4, 0.5) is 11.4 Å². The molecule has 0 aliphatic carbocycles. The van der Waals surface area contributed by atoms with Gasteiger partial charge < -0.3 is 4.90 Å². The predicted octanol–water partition coefficient (Wildman–Crippen LogP) is 2.64. The second kappa shape index (κ2) is 6.79. The van der Waals surface area contributed by atoms with Crippen molar-refractivity contribution in [2.45, 2.75) is 25.3 Å². The van der Waals surface area contributed by atoms with Gasteiger partial charge in [-0.1, -0.05) is 12.1 Å². The van der Waals surface area contributed by atoms with E-state index >= 15 is 0 Å². The Labute approximate surface area is 155 Å². The van der Waals surface area contributed by atoms with Gasteiger partial charge in [-0.15, -0.1) is 0 Å². The molecule has 0 spiro atoms. The van der Waals surface area contributed by atoms with Crippen LogP contribution in [-0.2, 0) is 0 Å². The molecular formula is C19H18N4O4. The topological polar surface area (TPSA) is 96.7 Å². The minimum Gasteiger partial charge on any atom is -0.364 e. The van der Waals surface area contributed by atoms with Crippen molar-refractivity contribution in [3.05, 3.63) is 64.0 Å². The minimum absolute atomic E-state index is 0.0690. The maximum atomic E-state index is 12.8. The molecule has 1 fully saturated rings. The quantitative estimate of drug-likeness (QED) is 0.471. The van der Waals surface area contributed by atoms with Crippen LogP contribution >= 0.6 is 0 Å². The summed E-state index contributed by atoms with van der Waals surface area (Å²) in [5, 5.41) is 11.4. The maximum absolute atomic E-state index is 12.8. The lowest BCUT2D eigenvalue weighted by Crippen LogP contribution is -2.46. The largest absolute Gasteiger partial charge is 0.364 e. The van der Waals surface area contributed by atoms with Crippen molar-refractivity contribution < 1.29 is 14.5 Å². The molecule has 8 heteroatoms. The lowest BCUT2D eigenvalue weighted by atomic mass is 10.1. The van der Waals surface area contributed by atoms with Gasteiger partial charge in [-0.25, -0.2) is 0 Å². The van der Waals surface area contributed by atoms with Gasteiger partial charge in [0.2, 0.25) is 0 Å². The van der Waals surface area contributed by atoms with Crippen molar-refractivity contribution in [3.63, 3.8) is 0 Å². The molecule has 138 valence electrons. The Kier molecular flexibility index (Phi) is 4.31. The molecule has 0 bridgehead atoms. The lowest BCUT2D eigenvalue weighted by molar-refractivity contribution is -0.384. The van der Waals surface area contributed by atoms with Crippen molar-refractivity contribution >= 4 is 23.2 Å². The van der Waals surface area contributed by atoms with Crippen molar-refractivity contribution in [3.8, 4) is 0 Å². The first kappa shape index (κ1) is 17.1. The molecule has 1 saturated heterocycles. The predicted molar refractivity (Wildman–Crippen MR) is 97.7 cm³/mol. The summed E-state index contributed by atoms with van der Waals surface area (Å²) in [6.07, 6.45) is 5.11. The van der Waals surface area contributed by atoms with Crippen LogP contribution in [0.25, 0.3) is 0 Å². The normalized spacial score (nSPS) is 19.8. The number of rotatable bonds is 3. The average Bonchev–Trinajstić information content (AvgIpc) is 2.83. The van der Waals surface area contributed by atoms with Crippen molar-refractivity contribution in [2.75, 3.05) is 18.0 Å². The third-order valence-electron chi connectivity index (χ3n) is 5.15. The number of carbonyl (C=O) groups excluding carboxylic acids is 2. The van der Waals surface area contributed by atoms with E-state index in [-0.39, 0.29) is 23.5 Å². The van der Waals surface area contributed by atoms with Crippen molar-refractivity contribution in [1.29, 1.82) is 0 Å². The number of nitro groups is 1. The first-order chi connectivity index (χ1) is 13.1. The number of pyridine rings is 1. The highest BCUT2D eigenvalue weighted by molar-refractivity contribution is 6.21. The highest BCUT2D eigenvalue weighted by Crippen LogP contribution is 2.32. The van der Waals surface area contributed by atoms with E-state index in [0.717, 1.165) is 12.8 Å². The van der Waals surface area contributed by atoms with Crippen molar-refractivity contribution in [1.82, 2.24) is 9.88 Å². The number of hydrogen-bond donors (Lipinski definition) is 0. The summed E-state index contributed by atoms with van der Waals surface area (Å²) in [4.78, 5) is 43.6.